The molecule has 2 N–H and O–H groups in total. The largest absolute Gasteiger partial charge is 0.398 e. The van der Waals surface area contributed by atoms with Crippen molar-refractivity contribution in [1.82, 2.24) is 0 Å². The van der Waals surface area contributed by atoms with Crippen molar-refractivity contribution >= 4 is 49.8 Å². The molecule has 0 radical (unpaired) electrons. The fourth-order valence-electron chi connectivity index (χ4n) is 9.27. The molecule has 1 atom stereocenters. The van der Waals surface area contributed by atoms with Crippen LogP contribution in [0, 0.1) is 0 Å². The van der Waals surface area contributed by atoms with Crippen LogP contribution in [0.15, 0.2) is 186 Å². The molecule has 1 unspecified atom stereocenters. The normalized spacial score (nSPS) is 15.5. The van der Waals surface area contributed by atoms with Gasteiger partial charge in [0.15, 0.2) is 0 Å². The van der Waals surface area contributed by atoms with Crippen LogP contribution in [0.1, 0.15) is 22.3 Å². The molecular weight excluding hydrogens is 635 g/mol. The summed E-state index contributed by atoms with van der Waals surface area (Å²) in [6, 6.07) is 64.9. The third kappa shape index (κ3) is 3.83. The molecule has 1 aliphatic carbocycles. The molecule has 9 aromatic carbocycles. The molecule has 238 valence electrons. The molecule has 0 bridgehead atoms. The maximum absolute atomic E-state index is 6.85. The second kappa shape index (κ2) is 10.7. The van der Waals surface area contributed by atoms with Crippen molar-refractivity contribution in [2.75, 3.05) is 5.73 Å². The van der Waals surface area contributed by atoms with Gasteiger partial charge in [0.25, 0.3) is 0 Å². The summed E-state index contributed by atoms with van der Waals surface area (Å²) in [5, 5.41) is 7.56. The smallest absolute Gasteiger partial charge is 0.0736 e. The first-order chi connectivity index (χ1) is 25.2. The lowest BCUT2D eigenvalue weighted by Crippen LogP contribution is -2.32. The Morgan fingerprint density at radius 1 is 0.392 bits per heavy atom. The summed E-state index contributed by atoms with van der Waals surface area (Å²) in [6.07, 6.45) is 0. The van der Waals surface area contributed by atoms with Gasteiger partial charge in [-0.05, 0) is 101 Å². The van der Waals surface area contributed by atoms with Crippen LogP contribution in [0.3, 0.4) is 0 Å². The van der Waals surface area contributed by atoms with E-state index in [9.17, 15) is 0 Å². The van der Waals surface area contributed by atoms with Crippen molar-refractivity contribution in [2.45, 2.75) is 15.2 Å². The second-order valence-corrected chi connectivity index (χ2v) is 14.8. The number of benzene rings is 9. The quantitative estimate of drug-likeness (QED) is 0.147. The van der Waals surface area contributed by atoms with Crippen LogP contribution in [-0.2, 0) is 5.41 Å². The maximum atomic E-state index is 6.85. The van der Waals surface area contributed by atoms with Crippen LogP contribution in [-0.4, -0.2) is 0 Å². The van der Waals surface area contributed by atoms with Gasteiger partial charge in [-0.1, -0.05) is 169 Å². The molecule has 1 spiro atoms. The number of fused-ring (bicyclic) bond motifs is 12. The molecule has 0 saturated heterocycles. The summed E-state index contributed by atoms with van der Waals surface area (Å²) < 4.78 is 0. The molecule has 9 aromatic rings. The van der Waals surface area contributed by atoms with Crippen LogP contribution in [0.4, 0.5) is 5.69 Å². The molecule has 11 rings (SSSR count). The van der Waals surface area contributed by atoms with Crippen LogP contribution in [0.25, 0.3) is 65.7 Å². The zero-order valence-corrected chi connectivity index (χ0v) is 28.5. The highest BCUT2D eigenvalue weighted by atomic mass is 32.2. The first-order valence-corrected chi connectivity index (χ1v) is 18.4. The van der Waals surface area contributed by atoms with Crippen molar-refractivity contribution in [3.63, 3.8) is 0 Å². The Bertz CT molecular complexity index is 2860. The highest BCUT2D eigenvalue weighted by Gasteiger charge is 2.51. The Kier molecular flexibility index (Phi) is 6.03. The minimum absolute atomic E-state index is 0.495. The second-order valence-electron chi connectivity index (χ2n) is 13.7. The van der Waals surface area contributed by atoms with E-state index in [0.29, 0.717) is 0 Å². The van der Waals surface area contributed by atoms with E-state index in [4.69, 9.17) is 5.73 Å². The fourth-order valence-corrected chi connectivity index (χ4v) is 10.6. The van der Waals surface area contributed by atoms with E-state index in [1.807, 2.05) is 17.8 Å². The Morgan fingerprint density at radius 2 is 0.961 bits per heavy atom. The van der Waals surface area contributed by atoms with Gasteiger partial charge < -0.3 is 5.73 Å². The zero-order chi connectivity index (χ0) is 33.7. The number of nitrogens with two attached hydrogens (primary N) is 1. The van der Waals surface area contributed by atoms with Gasteiger partial charge in [-0.25, -0.2) is 0 Å². The van der Waals surface area contributed by atoms with Gasteiger partial charge in [-0.2, -0.15) is 0 Å². The van der Waals surface area contributed by atoms with Gasteiger partial charge in [0, 0.05) is 21.0 Å². The van der Waals surface area contributed by atoms with E-state index >= 15 is 0 Å². The first kappa shape index (κ1) is 28.7. The lowest BCUT2D eigenvalue weighted by Gasteiger charge is -2.40. The molecule has 0 saturated carbocycles. The summed E-state index contributed by atoms with van der Waals surface area (Å²) in [5.41, 5.74) is 19.8. The maximum Gasteiger partial charge on any atom is 0.0736 e. The van der Waals surface area contributed by atoms with Crippen LogP contribution in [0.5, 0.6) is 0 Å². The van der Waals surface area contributed by atoms with Crippen LogP contribution in [0.2, 0.25) is 0 Å². The predicted molar refractivity (Wildman–Crippen MR) is 216 cm³/mol. The van der Waals surface area contributed by atoms with Gasteiger partial charge >= 0.3 is 0 Å². The summed E-state index contributed by atoms with van der Waals surface area (Å²) in [7, 11) is 0. The Hall–Kier alpha value is -6.09. The molecule has 1 heterocycles. The number of anilines is 1. The Balaban J connectivity index is 1.26. The minimum atomic E-state index is -0.495. The third-order valence-corrected chi connectivity index (χ3v) is 12.5. The number of hydrogen-bond donors (Lipinski definition) is 1. The van der Waals surface area contributed by atoms with Crippen molar-refractivity contribution < 1.29 is 0 Å². The topological polar surface area (TPSA) is 26.0 Å². The van der Waals surface area contributed by atoms with Crippen molar-refractivity contribution in [3.05, 3.63) is 198 Å². The highest BCUT2D eigenvalue weighted by Crippen LogP contribution is 2.64. The predicted octanol–water partition coefficient (Wildman–Crippen LogP) is 12.9. The monoisotopic (exact) mass is 665 g/mol. The Labute approximate surface area is 301 Å². The highest BCUT2D eigenvalue weighted by molar-refractivity contribution is 7.99. The van der Waals surface area contributed by atoms with Gasteiger partial charge in [0.2, 0.25) is 0 Å². The van der Waals surface area contributed by atoms with Crippen molar-refractivity contribution in [2.24, 2.45) is 0 Å². The molecule has 2 heteroatoms. The molecule has 0 fully saturated rings. The van der Waals surface area contributed by atoms with Crippen molar-refractivity contribution in [3.8, 4) is 33.4 Å². The lowest BCUT2D eigenvalue weighted by molar-refractivity contribution is 0.723. The van der Waals surface area contributed by atoms with Gasteiger partial charge in [-0.3, -0.25) is 0 Å². The fraction of sp³-hybridized carbons (Fsp3) is 0.0204. The molecule has 1 aliphatic heterocycles. The van der Waals surface area contributed by atoms with Crippen LogP contribution >= 0.6 is 11.8 Å². The number of rotatable bonds is 2. The summed E-state index contributed by atoms with van der Waals surface area (Å²) in [6.45, 7) is 0. The minimum Gasteiger partial charge on any atom is -0.398 e. The van der Waals surface area contributed by atoms with Gasteiger partial charge in [-0.15, -0.1) is 0 Å². The van der Waals surface area contributed by atoms with E-state index in [1.165, 1.54) is 92.2 Å². The van der Waals surface area contributed by atoms with Gasteiger partial charge in [0.1, 0.15) is 0 Å². The summed E-state index contributed by atoms with van der Waals surface area (Å²) >= 11 is 1.91. The average Bonchev–Trinajstić information content (AvgIpc) is 3.48. The molecular formula is C49H31NS. The van der Waals surface area contributed by atoms with E-state index < -0.39 is 5.41 Å². The summed E-state index contributed by atoms with van der Waals surface area (Å²) in [4.78, 5) is 2.58. The zero-order valence-electron chi connectivity index (χ0n) is 27.7. The SMILES string of the molecule is Nc1cccc2c1-c1ccccc1C21c2ccccc2Sc2c(-c3c4ccccc4c(-c4ccc5ccccc5c4)c4ccccc34)cccc21. The molecule has 1 nitrogen and oxygen atoms in total. The average molecular weight is 666 g/mol. The molecule has 0 aromatic heterocycles. The number of nitrogen functional groups attached to an aromatic ring is 1. The van der Waals surface area contributed by atoms with E-state index in [0.717, 1.165) is 11.3 Å². The lowest BCUT2D eigenvalue weighted by atomic mass is 9.67. The third-order valence-electron chi connectivity index (χ3n) is 11.3. The van der Waals surface area contributed by atoms with Crippen LogP contribution < -0.4 is 5.73 Å². The van der Waals surface area contributed by atoms with E-state index in [2.05, 4.69) is 170 Å². The summed E-state index contributed by atoms with van der Waals surface area (Å²) in [5.74, 6) is 0. The standard InChI is InChI=1S/C49H31NS/c50-43-25-12-23-41-47(43)37-19-7-8-21-39(37)49(41)40-22-9-10-26-44(40)51-48-38(20-11-24-42(48)49)46-35-17-5-3-15-33(35)45(34-16-4-6-18-36(34)46)32-28-27-30-13-1-2-14-31(30)29-32/h1-29H,50H2. The molecule has 2 aliphatic rings. The van der Waals surface area contributed by atoms with E-state index in [1.54, 1.807) is 0 Å². The first-order valence-electron chi connectivity index (χ1n) is 17.6. The molecule has 0 amide bonds. The Morgan fingerprint density at radius 3 is 1.75 bits per heavy atom. The number of hydrogen-bond acceptors (Lipinski definition) is 2. The molecule has 51 heavy (non-hydrogen) atoms. The van der Waals surface area contributed by atoms with Gasteiger partial charge in [0.05, 0.1) is 5.41 Å². The van der Waals surface area contributed by atoms with Crippen molar-refractivity contribution in [1.29, 1.82) is 0 Å². The van der Waals surface area contributed by atoms with E-state index in [-0.39, 0.29) is 0 Å².